The number of amides is 1. The average molecular weight is 268 g/mol. The van der Waals surface area contributed by atoms with Gasteiger partial charge in [-0.15, -0.1) is 11.3 Å². The van der Waals surface area contributed by atoms with Crippen LogP contribution in [0.3, 0.4) is 0 Å². The Hall–Kier alpha value is -0.910. The van der Waals surface area contributed by atoms with Crippen molar-refractivity contribution in [3.05, 3.63) is 21.9 Å². The molecule has 0 atom stereocenters. The van der Waals surface area contributed by atoms with Gasteiger partial charge in [0.15, 0.2) is 0 Å². The Bertz CT molecular complexity index is 397. The van der Waals surface area contributed by atoms with Gasteiger partial charge in [0.2, 0.25) is 0 Å². The van der Waals surface area contributed by atoms with Crippen LogP contribution in [0, 0.1) is 5.92 Å². The number of nitrogens with two attached hydrogens (primary N) is 1. The van der Waals surface area contributed by atoms with Crippen LogP contribution in [-0.2, 0) is 11.3 Å². The molecule has 100 valence electrons. The maximum Gasteiger partial charge on any atom is 0.275 e. The molecule has 4 nitrogen and oxygen atoms in total. The maximum atomic E-state index is 11.3. The number of thiophene rings is 1. The minimum absolute atomic E-state index is 0.238. The van der Waals surface area contributed by atoms with Gasteiger partial charge in [-0.3, -0.25) is 10.2 Å². The quantitative estimate of drug-likeness (QED) is 0.501. The zero-order valence-corrected chi connectivity index (χ0v) is 11.5. The first kappa shape index (κ1) is 13.5. The van der Waals surface area contributed by atoms with Crippen LogP contribution >= 0.6 is 11.3 Å². The predicted molar refractivity (Wildman–Crippen MR) is 72.2 cm³/mol. The van der Waals surface area contributed by atoms with Crippen molar-refractivity contribution in [1.82, 2.24) is 5.43 Å². The van der Waals surface area contributed by atoms with E-state index in [-0.39, 0.29) is 5.91 Å². The molecule has 2 rings (SSSR count). The van der Waals surface area contributed by atoms with E-state index in [1.165, 1.54) is 24.2 Å². The summed E-state index contributed by atoms with van der Waals surface area (Å²) in [6.45, 7) is 2.90. The van der Waals surface area contributed by atoms with Crippen LogP contribution in [0.1, 0.15) is 47.2 Å². The molecular formula is C13H20N2O2S. The molecule has 1 aromatic heterocycles. The van der Waals surface area contributed by atoms with Crippen LogP contribution in [0.5, 0.6) is 0 Å². The lowest BCUT2D eigenvalue weighted by Gasteiger charge is -2.26. The summed E-state index contributed by atoms with van der Waals surface area (Å²) in [6.07, 6.45) is 5.21. The number of hydrazine groups is 1. The zero-order valence-electron chi connectivity index (χ0n) is 10.6. The molecule has 1 fully saturated rings. The lowest BCUT2D eigenvalue weighted by atomic mass is 9.89. The molecule has 0 saturated heterocycles. The highest BCUT2D eigenvalue weighted by molar-refractivity contribution is 7.14. The Morgan fingerprint density at radius 3 is 2.83 bits per heavy atom. The molecule has 1 aliphatic rings. The minimum atomic E-state index is -0.238. The van der Waals surface area contributed by atoms with Crippen LogP contribution in [0.4, 0.5) is 0 Å². The van der Waals surface area contributed by atoms with Gasteiger partial charge in [-0.25, -0.2) is 5.84 Å². The minimum Gasteiger partial charge on any atom is -0.373 e. The second-order valence-electron chi connectivity index (χ2n) is 4.93. The molecule has 1 amide bonds. The standard InChI is InChI=1S/C13H20N2O2S/c1-9-2-4-10(5-3-9)17-8-11-6-7-12(18-11)13(16)15-14/h6-7,9-10H,2-5,8,14H2,1H3,(H,15,16). The number of carbonyl (C=O) groups is 1. The van der Waals surface area contributed by atoms with Crippen molar-refractivity contribution in [2.45, 2.75) is 45.3 Å². The number of nitrogen functional groups attached to an aromatic ring is 1. The number of hydrogen-bond acceptors (Lipinski definition) is 4. The molecule has 1 aliphatic carbocycles. The predicted octanol–water partition coefficient (Wildman–Crippen LogP) is 2.45. The van der Waals surface area contributed by atoms with Gasteiger partial charge in [-0.2, -0.15) is 0 Å². The second-order valence-corrected chi connectivity index (χ2v) is 6.10. The van der Waals surface area contributed by atoms with E-state index in [0.29, 0.717) is 17.6 Å². The van der Waals surface area contributed by atoms with Crippen LogP contribution in [0.25, 0.3) is 0 Å². The first-order valence-corrected chi connectivity index (χ1v) is 7.22. The van der Waals surface area contributed by atoms with Gasteiger partial charge in [0.1, 0.15) is 0 Å². The average Bonchev–Trinajstić information content (AvgIpc) is 2.86. The van der Waals surface area contributed by atoms with Gasteiger partial charge in [0.25, 0.3) is 5.91 Å². The van der Waals surface area contributed by atoms with Crippen LogP contribution in [-0.4, -0.2) is 12.0 Å². The van der Waals surface area contributed by atoms with Crippen molar-refractivity contribution < 1.29 is 9.53 Å². The maximum absolute atomic E-state index is 11.3. The fourth-order valence-corrected chi connectivity index (χ4v) is 3.08. The molecule has 0 aliphatic heterocycles. The van der Waals surface area contributed by atoms with Crippen molar-refractivity contribution in [2.24, 2.45) is 11.8 Å². The third-order valence-electron chi connectivity index (χ3n) is 3.44. The topological polar surface area (TPSA) is 64.3 Å². The normalized spacial score (nSPS) is 23.9. The molecule has 3 N–H and O–H groups in total. The summed E-state index contributed by atoms with van der Waals surface area (Å²) in [5, 5.41) is 0. The number of nitrogens with one attached hydrogen (secondary N) is 1. The van der Waals surface area contributed by atoms with Crippen molar-refractivity contribution in [3.8, 4) is 0 Å². The van der Waals surface area contributed by atoms with E-state index in [0.717, 1.165) is 23.6 Å². The highest BCUT2D eigenvalue weighted by Crippen LogP contribution is 2.27. The molecule has 0 radical (unpaired) electrons. The Balaban J connectivity index is 1.79. The first-order chi connectivity index (χ1) is 8.69. The SMILES string of the molecule is CC1CCC(OCc2ccc(C(=O)NN)s2)CC1. The molecule has 0 unspecified atom stereocenters. The van der Waals surface area contributed by atoms with E-state index >= 15 is 0 Å². The molecule has 0 bridgehead atoms. The van der Waals surface area contributed by atoms with Gasteiger partial charge < -0.3 is 4.74 Å². The van der Waals surface area contributed by atoms with E-state index in [4.69, 9.17) is 10.6 Å². The fourth-order valence-electron chi connectivity index (χ4n) is 2.24. The third kappa shape index (κ3) is 3.54. The Kier molecular flexibility index (Phi) is 4.74. The second kappa shape index (κ2) is 6.31. The number of rotatable bonds is 4. The van der Waals surface area contributed by atoms with Gasteiger partial charge >= 0.3 is 0 Å². The molecule has 1 saturated carbocycles. The van der Waals surface area contributed by atoms with E-state index in [2.05, 4.69) is 12.3 Å². The van der Waals surface area contributed by atoms with Crippen molar-refractivity contribution in [2.75, 3.05) is 0 Å². The number of hydrogen-bond donors (Lipinski definition) is 2. The van der Waals surface area contributed by atoms with Crippen LogP contribution < -0.4 is 11.3 Å². The summed E-state index contributed by atoms with van der Waals surface area (Å²) in [6, 6.07) is 3.72. The van der Waals surface area contributed by atoms with E-state index in [9.17, 15) is 4.79 Å². The molecule has 1 aromatic rings. The lowest BCUT2D eigenvalue weighted by Crippen LogP contribution is -2.29. The van der Waals surface area contributed by atoms with Crippen LogP contribution in [0.2, 0.25) is 0 Å². The van der Waals surface area contributed by atoms with E-state index < -0.39 is 0 Å². The van der Waals surface area contributed by atoms with E-state index in [1.807, 2.05) is 6.07 Å². The first-order valence-electron chi connectivity index (χ1n) is 6.40. The molecule has 0 spiro atoms. The van der Waals surface area contributed by atoms with Gasteiger partial charge in [0, 0.05) is 4.88 Å². The van der Waals surface area contributed by atoms with Gasteiger partial charge in [-0.1, -0.05) is 6.92 Å². The lowest BCUT2D eigenvalue weighted by molar-refractivity contribution is 0.0100. The Morgan fingerprint density at radius 1 is 1.44 bits per heavy atom. The van der Waals surface area contributed by atoms with Crippen molar-refractivity contribution >= 4 is 17.2 Å². The summed E-state index contributed by atoms with van der Waals surface area (Å²) >= 11 is 1.44. The third-order valence-corrected chi connectivity index (χ3v) is 4.50. The van der Waals surface area contributed by atoms with Gasteiger partial charge in [-0.05, 0) is 43.7 Å². The molecule has 1 heterocycles. The molecule has 0 aromatic carbocycles. The largest absolute Gasteiger partial charge is 0.373 e. The van der Waals surface area contributed by atoms with Crippen LogP contribution in [0.15, 0.2) is 12.1 Å². The van der Waals surface area contributed by atoms with Crippen molar-refractivity contribution in [3.63, 3.8) is 0 Å². The number of ether oxygens (including phenoxy) is 1. The smallest absolute Gasteiger partial charge is 0.275 e. The fraction of sp³-hybridized carbons (Fsp3) is 0.615. The highest BCUT2D eigenvalue weighted by atomic mass is 32.1. The summed E-state index contributed by atoms with van der Waals surface area (Å²) in [7, 11) is 0. The number of carbonyl (C=O) groups excluding carboxylic acids is 1. The molecule has 18 heavy (non-hydrogen) atoms. The highest BCUT2D eigenvalue weighted by Gasteiger charge is 2.18. The monoisotopic (exact) mass is 268 g/mol. The van der Waals surface area contributed by atoms with E-state index in [1.54, 1.807) is 6.07 Å². The summed E-state index contributed by atoms with van der Waals surface area (Å²) in [5.74, 6) is 5.69. The van der Waals surface area contributed by atoms with Crippen molar-refractivity contribution in [1.29, 1.82) is 0 Å². The molecular weight excluding hydrogens is 248 g/mol. The Labute approximate surface area is 111 Å². The summed E-state index contributed by atoms with van der Waals surface area (Å²) in [4.78, 5) is 13.0. The zero-order chi connectivity index (χ0) is 13.0. The summed E-state index contributed by atoms with van der Waals surface area (Å²) in [5.41, 5.74) is 2.14. The summed E-state index contributed by atoms with van der Waals surface area (Å²) < 4.78 is 5.89. The van der Waals surface area contributed by atoms with Gasteiger partial charge in [0.05, 0.1) is 17.6 Å². The Morgan fingerprint density at radius 2 is 2.17 bits per heavy atom. The molecule has 5 heteroatoms.